The number of nitrogens with one attached hydrogen (secondary N) is 1. The van der Waals surface area contributed by atoms with Gasteiger partial charge in [0.2, 0.25) is 0 Å². The molecule has 1 rings (SSSR count). The van der Waals surface area contributed by atoms with Gasteiger partial charge in [0.25, 0.3) is 0 Å². The molecular weight excluding hydrogens is 184 g/mol. The molecule has 0 saturated carbocycles. The normalized spacial score (nSPS) is 12.3. The lowest BCUT2D eigenvalue weighted by Gasteiger charge is -2.14. The summed E-state index contributed by atoms with van der Waals surface area (Å²) >= 11 is 0. The fourth-order valence-electron chi connectivity index (χ4n) is 1.42. The maximum atomic E-state index is 8.75. The minimum absolute atomic E-state index is 0.147. The second kappa shape index (κ2) is 4.84. The van der Waals surface area contributed by atoms with E-state index in [4.69, 9.17) is 5.26 Å². The molecule has 0 radical (unpaired) electrons. The van der Waals surface area contributed by atoms with Crippen LogP contribution in [0.4, 0.5) is 5.69 Å². The first-order chi connectivity index (χ1) is 7.04. The lowest BCUT2D eigenvalue weighted by atomic mass is 10.0. The van der Waals surface area contributed by atoms with Gasteiger partial charge in [-0.1, -0.05) is 26.0 Å². The summed E-state index contributed by atoms with van der Waals surface area (Å²) in [5.74, 6) is 0.517. The van der Waals surface area contributed by atoms with Crippen LogP contribution in [0, 0.1) is 18.3 Å². The Hall–Kier alpha value is -1.49. The number of benzene rings is 1. The van der Waals surface area contributed by atoms with E-state index in [0.717, 1.165) is 5.69 Å². The molecule has 0 aliphatic rings. The third-order valence-electron chi connectivity index (χ3n) is 2.49. The Morgan fingerprint density at radius 2 is 1.93 bits per heavy atom. The molecule has 0 saturated heterocycles. The van der Waals surface area contributed by atoms with Crippen molar-refractivity contribution < 1.29 is 0 Å². The highest BCUT2D eigenvalue weighted by Crippen LogP contribution is 2.22. The molecule has 1 atom stereocenters. The van der Waals surface area contributed by atoms with Gasteiger partial charge in [-0.05, 0) is 37.0 Å². The van der Waals surface area contributed by atoms with Gasteiger partial charge in [0.15, 0.2) is 0 Å². The van der Waals surface area contributed by atoms with Crippen LogP contribution in [-0.4, -0.2) is 6.04 Å². The third-order valence-corrected chi connectivity index (χ3v) is 2.49. The molecule has 15 heavy (non-hydrogen) atoms. The standard InChI is InChI=1S/C13H18N2/c1-9(2)12-6-5-10(3)13(7-12)15-11(4)8-14/h5-7,9,11,15H,1-4H3. The van der Waals surface area contributed by atoms with Crippen LogP contribution in [0.15, 0.2) is 18.2 Å². The van der Waals surface area contributed by atoms with Crippen LogP contribution in [-0.2, 0) is 0 Å². The number of aryl methyl sites for hydroxylation is 1. The molecule has 1 aromatic rings. The molecule has 0 amide bonds. The van der Waals surface area contributed by atoms with Crippen molar-refractivity contribution in [3.8, 4) is 6.07 Å². The fourth-order valence-corrected chi connectivity index (χ4v) is 1.42. The van der Waals surface area contributed by atoms with Gasteiger partial charge in [0, 0.05) is 5.69 Å². The number of nitrogens with zero attached hydrogens (tertiary/aromatic N) is 1. The molecule has 0 bridgehead atoms. The van der Waals surface area contributed by atoms with Crippen molar-refractivity contribution in [2.75, 3.05) is 5.32 Å². The minimum Gasteiger partial charge on any atom is -0.370 e. The number of hydrogen-bond acceptors (Lipinski definition) is 2. The summed E-state index contributed by atoms with van der Waals surface area (Å²) in [6, 6.07) is 8.40. The van der Waals surface area contributed by atoms with E-state index in [1.54, 1.807) is 0 Å². The minimum atomic E-state index is -0.147. The second-order valence-electron chi connectivity index (χ2n) is 4.22. The summed E-state index contributed by atoms with van der Waals surface area (Å²) in [7, 11) is 0. The summed E-state index contributed by atoms with van der Waals surface area (Å²) in [5.41, 5.74) is 3.55. The molecule has 0 aliphatic heterocycles. The first kappa shape index (κ1) is 11.6. The van der Waals surface area contributed by atoms with Crippen LogP contribution in [0.1, 0.15) is 37.8 Å². The largest absolute Gasteiger partial charge is 0.370 e. The van der Waals surface area contributed by atoms with E-state index in [-0.39, 0.29) is 6.04 Å². The predicted octanol–water partition coefficient (Wildman–Crippen LogP) is 3.44. The average molecular weight is 202 g/mol. The zero-order valence-electron chi connectivity index (χ0n) is 9.83. The maximum absolute atomic E-state index is 8.75. The van der Waals surface area contributed by atoms with E-state index in [0.29, 0.717) is 5.92 Å². The first-order valence-corrected chi connectivity index (χ1v) is 5.31. The lowest BCUT2D eigenvalue weighted by Crippen LogP contribution is -2.13. The first-order valence-electron chi connectivity index (χ1n) is 5.31. The molecular formula is C13H18N2. The van der Waals surface area contributed by atoms with Gasteiger partial charge in [-0.3, -0.25) is 0 Å². The molecule has 2 nitrogen and oxygen atoms in total. The zero-order valence-corrected chi connectivity index (χ0v) is 9.83. The molecule has 1 aromatic carbocycles. The van der Waals surface area contributed by atoms with Crippen LogP contribution in [0.25, 0.3) is 0 Å². The van der Waals surface area contributed by atoms with E-state index in [1.807, 2.05) is 6.92 Å². The van der Waals surface area contributed by atoms with Crippen molar-refractivity contribution in [1.82, 2.24) is 0 Å². The van der Waals surface area contributed by atoms with Gasteiger partial charge in [-0.25, -0.2) is 0 Å². The molecule has 0 spiro atoms. The van der Waals surface area contributed by atoms with Crippen molar-refractivity contribution in [3.63, 3.8) is 0 Å². The van der Waals surface area contributed by atoms with Gasteiger partial charge in [-0.2, -0.15) is 5.26 Å². The van der Waals surface area contributed by atoms with Crippen molar-refractivity contribution in [2.45, 2.75) is 39.7 Å². The van der Waals surface area contributed by atoms with E-state index < -0.39 is 0 Å². The second-order valence-corrected chi connectivity index (χ2v) is 4.22. The van der Waals surface area contributed by atoms with Crippen LogP contribution in [0.2, 0.25) is 0 Å². The average Bonchev–Trinajstić information content (AvgIpc) is 2.20. The highest BCUT2D eigenvalue weighted by Gasteiger charge is 2.05. The predicted molar refractivity (Wildman–Crippen MR) is 64.0 cm³/mol. The Labute approximate surface area is 91.9 Å². The molecule has 0 heterocycles. The monoisotopic (exact) mass is 202 g/mol. The molecule has 80 valence electrons. The van der Waals surface area contributed by atoms with Crippen molar-refractivity contribution >= 4 is 5.69 Å². The quantitative estimate of drug-likeness (QED) is 0.815. The Morgan fingerprint density at radius 3 is 2.47 bits per heavy atom. The number of rotatable bonds is 3. The number of nitriles is 1. The topological polar surface area (TPSA) is 35.8 Å². The van der Waals surface area contributed by atoms with Gasteiger partial charge < -0.3 is 5.32 Å². The van der Waals surface area contributed by atoms with Crippen molar-refractivity contribution in [3.05, 3.63) is 29.3 Å². The van der Waals surface area contributed by atoms with E-state index in [1.165, 1.54) is 11.1 Å². The molecule has 1 unspecified atom stereocenters. The highest BCUT2D eigenvalue weighted by atomic mass is 14.9. The van der Waals surface area contributed by atoms with E-state index >= 15 is 0 Å². The Kier molecular flexibility index (Phi) is 3.74. The van der Waals surface area contributed by atoms with Crippen molar-refractivity contribution in [2.24, 2.45) is 0 Å². The van der Waals surface area contributed by atoms with Gasteiger partial charge in [-0.15, -0.1) is 0 Å². The van der Waals surface area contributed by atoms with Gasteiger partial charge in [0.05, 0.1) is 6.07 Å². The lowest BCUT2D eigenvalue weighted by molar-refractivity contribution is 0.865. The molecule has 2 heteroatoms. The van der Waals surface area contributed by atoms with Crippen LogP contribution >= 0.6 is 0 Å². The summed E-state index contributed by atoms with van der Waals surface area (Å²) in [6.45, 7) is 8.25. The summed E-state index contributed by atoms with van der Waals surface area (Å²) < 4.78 is 0. The smallest absolute Gasteiger partial charge is 0.111 e. The summed E-state index contributed by atoms with van der Waals surface area (Å²) in [4.78, 5) is 0. The van der Waals surface area contributed by atoms with E-state index in [2.05, 4.69) is 50.4 Å². The van der Waals surface area contributed by atoms with E-state index in [9.17, 15) is 0 Å². The third kappa shape index (κ3) is 2.99. The SMILES string of the molecule is Cc1ccc(C(C)C)cc1NC(C)C#N. The molecule has 0 fully saturated rings. The Bertz CT molecular complexity index is 375. The van der Waals surface area contributed by atoms with Gasteiger partial charge in [0.1, 0.15) is 6.04 Å². The Morgan fingerprint density at radius 1 is 1.27 bits per heavy atom. The highest BCUT2D eigenvalue weighted by molar-refractivity contribution is 5.54. The summed E-state index contributed by atoms with van der Waals surface area (Å²) in [6.07, 6.45) is 0. The fraction of sp³-hybridized carbons (Fsp3) is 0.462. The Balaban J connectivity index is 2.96. The molecule has 0 aliphatic carbocycles. The van der Waals surface area contributed by atoms with Gasteiger partial charge >= 0.3 is 0 Å². The molecule has 0 aromatic heterocycles. The van der Waals surface area contributed by atoms with Crippen LogP contribution < -0.4 is 5.32 Å². The van der Waals surface area contributed by atoms with Crippen LogP contribution in [0.5, 0.6) is 0 Å². The number of anilines is 1. The maximum Gasteiger partial charge on any atom is 0.111 e. The van der Waals surface area contributed by atoms with Crippen molar-refractivity contribution in [1.29, 1.82) is 5.26 Å². The molecule has 1 N–H and O–H groups in total. The summed E-state index contributed by atoms with van der Waals surface area (Å²) in [5, 5.41) is 11.9. The number of hydrogen-bond donors (Lipinski definition) is 1. The zero-order chi connectivity index (χ0) is 11.4. The van der Waals surface area contributed by atoms with Crippen LogP contribution in [0.3, 0.4) is 0 Å².